The third kappa shape index (κ3) is 3.66. The van der Waals surface area contributed by atoms with Crippen LogP contribution in [0.3, 0.4) is 0 Å². The molecular weight excluding hydrogens is 414 g/mol. The van der Waals surface area contributed by atoms with Crippen molar-refractivity contribution in [1.29, 1.82) is 0 Å². The second-order valence-electron chi connectivity index (χ2n) is 6.98. The molecule has 0 aliphatic carbocycles. The number of imidazole rings is 1. The van der Waals surface area contributed by atoms with Gasteiger partial charge in [-0.25, -0.2) is 4.98 Å². The van der Waals surface area contributed by atoms with Crippen molar-refractivity contribution in [3.8, 4) is 0 Å². The molecule has 0 radical (unpaired) electrons. The molecule has 1 fully saturated rings. The normalized spacial score (nSPS) is 18.3. The maximum Gasteiger partial charge on any atom is 0.287 e. The van der Waals surface area contributed by atoms with Crippen LogP contribution >= 0.6 is 15.9 Å². The number of rotatable bonds is 4. The van der Waals surface area contributed by atoms with Crippen LogP contribution in [-0.2, 0) is 16.8 Å². The summed E-state index contributed by atoms with van der Waals surface area (Å²) in [6.45, 7) is 2.60. The number of carbonyl (C=O) groups excluding carboxylic acids is 2. The smallest absolute Gasteiger partial charge is 0.287 e. The molecule has 144 valence electrons. The molecule has 0 bridgehead atoms. The highest BCUT2D eigenvalue weighted by molar-refractivity contribution is 9.10. The van der Waals surface area contributed by atoms with E-state index in [9.17, 15) is 9.59 Å². The van der Waals surface area contributed by atoms with Crippen molar-refractivity contribution in [3.63, 3.8) is 0 Å². The molecule has 0 atom stereocenters. The Kier molecular flexibility index (Phi) is 5.05. The average molecular weight is 436 g/mol. The van der Waals surface area contributed by atoms with E-state index in [1.807, 2.05) is 4.90 Å². The maximum absolute atomic E-state index is 12.5. The van der Waals surface area contributed by atoms with Gasteiger partial charge in [0, 0.05) is 44.7 Å². The van der Waals surface area contributed by atoms with E-state index < -0.39 is 0 Å². The topological polar surface area (TPSA) is 103 Å². The Balaban J connectivity index is 1.27. The van der Waals surface area contributed by atoms with Crippen LogP contribution in [0.5, 0.6) is 0 Å². The first-order chi connectivity index (χ1) is 13.1. The Hall–Kier alpha value is -2.13. The van der Waals surface area contributed by atoms with Crippen molar-refractivity contribution in [3.05, 3.63) is 40.3 Å². The van der Waals surface area contributed by atoms with Gasteiger partial charge < -0.3 is 24.9 Å². The van der Waals surface area contributed by atoms with E-state index in [4.69, 9.17) is 4.42 Å². The van der Waals surface area contributed by atoms with E-state index in [0.717, 1.165) is 31.5 Å². The average Bonchev–Trinajstić information content (AvgIpc) is 3.32. The minimum atomic E-state index is -0.316. The molecule has 0 saturated carbocycles. The van der Waals surface area contributed by atoms with Crippen molar-refractivity contribution in [2.24, 2.45) is 0 Å². The van der Waals surface area contributed by atoms with E-state index >= 15 is 0 Å². The maximum atomic E-state index is 12.5. The van der Waals surface area contributed by atoms with Gasteiger partial charge in [0.05, 0.1) is 17.6 Å². The van der Waals surface area contributed by atoms with Crippen molar-refractivity contribution < 1.29 is 14.0 Å². The number of hydrogen-bond acceptors (Lipinski definition) is 5. The number of hydrogen-bond donors (Lipinski definition) is 3. The zero-order chi connectivity index (χ0) is 18.9. The number of nitrogens with one attached hydrogen (secondary N) is 3. The number of nitrogens with zero attached hydrogens (tertiary/aromatic N) is 2. The predicted molar refractivity (Wildman–Crippen MR) is 101 cm³/mol. The van der Waals surface area contributed by atoms with Gasteiger partial charge in [0.2, 0.25) is 5.91 Å². The third-order valence-corrected chi connectivity index (χ3v) is 5.83. The van der Waals surface area contributed by atoms with Gasteiger partial charge in [-0.3, -0.25) is 9.59 Å². The van der Waals surface area contributed by atoms with E-state index in [1.54, 1.807) is 18.5 Å². The number of aromatic nitrogens is 2. The number of aromatic amines is 1. The van der Waals surface area contributed by atoms with Gasteiger partial charge >= 0.3 is 0 Å². The molecule has 0 unspecified atom stereocenters. The van der Waals surface area contributed by atoms with Crippen LogP contribution in [0.1, 0.15) is 41.2 Å². The molecule has 0 aromatic carbocycles. The molecule has 2 aromatic rings. The minimum Gasteiger partial charge on any atom is -0.444 e. The summed E-state index contributed by atoms with van der Waals surface area (Å²) in [5.74, 6) is -0.0279. The lowest BCUT2D eigenvalue weighted by molar-refractivity contribution is -0.132. The predicted octanol–water partition coefficient (Wildman–Crippen LogP) is 1.55. The highest BCUT2D eigenvalue weighted by Gasteiger charge is 2.41. The lowest BCUT2D eigenvalue weighted by Gasteiger charge is -2.44. The lowest BCUT2D eigenvalue weighted by atomic mass is 9.80. The van der Waals surface area contributed by atoms with Gasteiger partial charge in [0.25, 0.3) is 5.91 Å². The monoisotopic (exact) mass is 435 g/mol. The standard InChI is InChI=1S/C18H22BrN5O3/c19-14-2-1-13(27-14)17(26)20-7-4-15(25)24-9-5-18(6-10-24)16-12(3-8-23-18)21-11-22-16/h1-2,11,23H,3-10H2,(H,20,26)(H,21,22). The molecule has 3 N–H and O–H groups in total. The van der Waals surface area contributed by atoms with Crippen LogP contribution in [0.15, 0.2) is 27.5 Å². The van der Waals surface area contributed by atoms with Crippen LogP contribution in [0.4, 0.5) is 0 Å². The van der Waals surface area contributed by atoms with Crippen molar-refractivity contribution >= 4 is 27.7 Å². The molecule has 2 aliphatic heterocycles. The largest absolute Gasteiger partial charge is 0.444 e. The van der Waals surface area contributed by atoms with Crippen molar-refractivity contribution in [1.82, 2.24) is 25.5 Å². The number of carbonyl (C=O) groups is 2. The summed E-state index contributed by atoms with van der Waals surface area (Å²) >= 11 is 3.16. The van der Waals surface area contributed by atoms with E-state index in [2.05, 4.69) is 36.5 Å². The highest BCUT2D eigenvalue weighted by Crippen LogP contribution is 2.35. The molecular formula is C18H22BrN5O3. The summed E-state index contributed by atoms with van der Waals surface area (Å²) in [5, 5.41) is 6.34. The minimum absolute atomic E-state index is 0.0591. The Morgan fingerprint density at radius 2 is 2.15 bits per heavy atom. The van der Waals surface area contributed by atoms with Crippen molar-refractivity contribution in [2.75, 3.05) is 26.2 Å². The molecule has 4 rings (SSSR count). The quantitative estimate of drug-likeness (QED) is 0.675. The van der Waals surface area contributed by atoms with Gasteiger partial charge in [-0.15, -0.1) is 0 Å². The number of piperidine rings is 1. The fourth-order valence-electron chi connectivity index (χ4n) is 3.95. The second kappa shape index (κ2) is 7.47. The zero-order valence-corrected chi connectivity index (χ0v) is 16.5. The van der Waals surface area contributed by atoms with Crippen LogP contribution in [-0.4, -0.2) is 52.9 Å². The molecule has 1 spiro atoms. The Labute approximate surface area is 165 Å². The summed E-state index contributed by atoms with van der Waals surface area (Å²) in [5.41, 5.74) is 2.20. The summed E-state index contributed by atoms with van der Waals surface area (Å²) < 4.78 is 5.70. The first kappa shape index (κ1) is 18.2. The van der Waals surface area contributed by atoms with Crippen molar-refractivity contribution in [2.45, 2.75) is 31.2 Å². The number of furan rings is 1. The molecule has 2 amide bonds. The molecule has 9 heteroatoms. The van der Waals surface area contributed by atoms with Crippen LogP contribution in [0.25, 0.3) is 0 Å². The molecule has 2 aromatic heterocycles. The van der Waals surface area contributed by atoms with Crippen LogP contribution in [0.2, 0.25) is 0 Å². The fourth-order valence-corrected chi connectivity index (χ4v) is 4.26. The molecule has 27 heavy (non-hydrogen) atoms. The van der Waals surface area contributed by atoms with Gasteiger partial charge in [-0.2, -0.15) is 0 Å². The first-order valence-corrected chi connectivity index (χ1v) is 9.96. The lowest BCUT2D eigenvalue weighted by Crippen LogP contribution is -2.55. The molecule has 8 nitrogen and oxygen atoms in total. The number of amides is 2. The number of halogens is 1. The summed E-state index contributed by atoms with van der Waals surface area (Å²) in [7, 11) is 0. The molecule has 4 heterocycles. The highest BCUT2D eigenvalue weighted by atomic mass is 79.9. The Morgan fingerprint density at radius 1 is 1.33 bits per heavy atom. The summed E-state index contributed by atoms with van der Waals surface area (Å²) in [6.07, 6.45) is 4.71. The summed E-state index contributed by atoms with van der Waals surface area (Å²) in [6, 6.07) is 3.25. The first-order valence-electron chi connectivity index (χ1n) is 9.16. The number of H-pyrrole nitrogens is 1. The van der Waals surface area contributed by atoms with E-state index in [1.165, 1.54) is 5.69 Å². The summed E-state index contributed by atoms with van der Waals surface area (Å²) in [4.78, 5) is 34.1. The van der Waals surface area contributed by atoms with Gasteiger partial charge in [0.15, 0.2) is 10.4 Å². The van der Waals surface area contributed by atoms with E-state index in [0.29, 0.717) is 24.3 Å². The zero-order valence-electron chi connectivity index (χ0n) is 14.9. The van der Waals surface area contributed by atoms with Crippen LogP contribution < -0.4 is 10.6 Å². The Bertz CT molecular complexity index is 838. The van der Waals surface area contributed by atoms with Gasteiger partial charge in [0.1, 0.15) is 0 Å². The Morgan fingerprint density at radius 3 is 2.89 bits per heavy atom. The number of likely N-dealkylation sites (tertiary alicyclic amines) is 1. The number of fused-ring (bicyclic) bond motifs is 2. The second-order valence-corrected chi connectivity index (χ2v) is 7.76. The third-order valence-electron chi connectivity index (χ3n) is 5.40. The van der Waals surface area contributed by atoms with Gasteiger partial charge in [-0.1, -0.05) is 0 Å². The fraction of sp³-hybridized carbons (Fsp3) is 0.500. The molecule has 1 saturated heterocycles. The van der Waals surface area contributed by atoms with Crippen LogP contribution in [0, 0.1) is 0 Å². The SMILES string of the molecule is O=C(NCCC(=O)N1CCC2(CC1)NCCc1[nH]cnc12)c1ccc(Br)o1. The van der Waals surface area contributed by atoms with E-state index in [-0.39, 0.29) is 29.5 Å². The van der Waals surface area contributed by atoms with Gasteiger partial charge in [-0.05, 0) is 40.9 Å². The molecule has 2 aliphatic rings.